The lowest BCUT2D eigenvalue weighted by Crippen LogP contribution is -2.41. The van der Waals surface area contributed by atoms with Gasteiger partial charge in [0.2, 0.25) is 0 Å². The molecule has 2 aromatic rings. The fraction of sp³-hybridized carbons (Fsp3) is 0.174. The standard InChI is InChI=1S/C23H20IN3O4/c1-13-11-15(24)9-10-17(13)27-20(23(29)31-3)19(22(28)30-2)18(16(12-25)21(27)26)14-7-5-4-6-8-14/h4-11,18H,26H2,1-3H3. The summed E-state index contributed by atoms with van der Waals surface area (Å²) in [5, 5.41) is 10.0. The number of carbonyl (C=O) groups is 2. The molecule has 0 saturated heterocycles. The van der Waals surface area contributed by atoms with Gasteiger partial charge in [-0.15, -0.1) is 0 Å². The van der Waals surface area contributed by atoms with Crippen LogP contribution in [-0.4, -0.2) is 26.2 Å². The molecule has 1 aliphatic heterocycles. The van der Waals surface area contributed by atoms with Gasteiger partial charge >= 0.3 is 11.9 Å². The number of allylic oxidation sites excluding steroid dienone is 1. The SMILES string of the molecule is COC(=O)C1=C(C(=O)OC)N(c2ccc(I)cc2C)C(N)=C(C#N)C1c1ccccc1. The Balaban J connectivity index is 2.43. The molecule has 1 unspecified atom stereocenters. The third-order valence-electron chi connectivity index (χ3n) is 5.01. The van der Waals surface area contributed by atoms with Crippen LogP contribution >= 0.6 is 22.6 Å². The predicted molar refractivity (Wildman–Crippen MR) is 123 cm³/mol. The first-order chi connectivity index (χ1) is 14.8. The van der Waals surface area contributed by atoms with E-state index in [0.717, 1.165) is 9.13 Å². The number of rotatable bonds is 4. The molecule has 0 aromatic heterocycles. The molecule has 8 heteroatoms. The molecule has 0 spiro atoms. The second kappa shape index (κ2) is 9.22. The van der Waals surface area contributed by atoms with Gasteiger partial charge in [0.05, 0.1) is 43.0 Å². The zero-order valence-corrected chi connectivity index (χ0v) is 19.3. The number of hydrogen-bond donors (Lipinski definition) is 1. The monoisotopic (exact) mass is 529 g/mol. The first kappa shape index (κ1) is 22.4. The molecule has 31 heavy (non-hydrogen) atoms. The number of esters is 2. The molecule has 158 valence electrons. The van der Waals surface area contributed by atoms with Crippen LogP contribution in [0.1, 0.15) is 17.0 Å². The lowest BCUT2D eigenvalue weighted by Gasteiger charge is -2.36. The smallest absolute Gasteiger partial charge is 0.355 e. The van der Waals surface area contributed by atoms with E-state index in [9.17, 15) is 14.9 Å². The summed E-state index contributed by atoms with van der Waals surface area (Å²) in [6, 6.07) is 16.6. The van der Waals surface area contributed by atoms with Crippen molar-refractivity contribution in [2.24, 2.45) is 5.73 Å². The lowest BCUT2D eigenvalue weighted by atomic mass is 9.81. The number of nitrogens with two attached hydrogens (primary N) is 1. The van der Waals surface area contributed by atoms with Gasteiger partial charge in [-0.1, -0.05) is 30.3 Å². The molecular weight excluding hydrogens is 509 g/mol. The normalized spacial score (nSPS) is 16.1. The Morgan fingerprint density at radius 3 is 2.29 bits per heavy atom. The number of methoxy groups -OCH3 is 2. The number of nitrogens with zero attached hydrogens (tertiary/aromatic N) is 2. The van der Waals surface area contributed by atoms with Gasteiger partial charge in [-0.05, 0) is 58.8 Å². The number of anilines is 1. The van der Waals surface area contributed by atoms with Crippen LogP contribution in [0.2, 0.25) is 0 Å². The zero-order chi connectivity index (χ0) is 22.7. The molecule has 0 amide bonds. The fourth-order valence-corrected chi connectivity index (χ4v) is 4.28. The third kappa shape index (κ3) is 4.01. The van der Waals surface area contributed by atoms with E-state index in [2.05, 4.69) is 28.7 Å². The number of carbonyl (C=O) groups excluding carboxylic acids is 2. The van der Waals surface area contributed by atoms with E-state index in [1.54, 1.807) is 30.3 Å². The van der Waals surface area contributed by atoms with Crippen LogP contribution < -0.4 is 10.6 Å². The van der Waals surface area contributed by atoms with Gasteiger partial charge in [0, 0.05) is 3.57 Å². The summed E-state index contributed by atoms with van der Waals surface area (Å²) in [5.74, 6) is -2.34. The summed E-state index contributed by atoms with van der Waals surface area (Å²) in [4.78, 5) is 27.4. The molecule has 0 saturated carbocycles. The lowest BCUT2D eigenvalue weighted by molar-refractivity contribution is -0.139. The minimum absolute atomic E-state index is 0.00995. The van der Waals surface area contributed by atoms with Crippen molar-refractivity contribution in [3.63, 3.8) is 0 Å². The van der Waals surface area contributed by atoms with Gasteiger partial charge in [-0.2, -0.15) is 5.26 Å². The van der Waals surface area contributed by atoms with Gasteiger partial charge in [0.1, 0.15) is 11.5 Å². The molecule has 1 aliphatic rings. The van der Waals surface area contributed by atoms with Crippen molar-refractivity contribution in [3.05, 3.63) is 85.9 Å². The maximum atomic E-state index is 13.0. The van der Waals surface area contributed by atoms with Gasteiger partial charge in [-0.3, -0.25) is 4.90 Å². The summed E-state index contributed by atoms with van der Waals surface area (Å²) in [6.45, 7) is 1.85. The third-order valence-corrected chi connectivity index (χ3v) is 5.68. The van der Waals surface area contributed by atoms with Crippen LogP contribution in [0.25, 0.3) is 0 Å². The number of nitriles is 1. The van der Waals surface area contributed by atoms with Crippen LogP contribution in [0.3, 0.4) is 0 Å². The Morgan fingerprint density at radius 1 is 1.10 bits per heavy atom. The second-order valence-corrected chi connectivity index (χ2v) is 8.01. The van der Waals surface area contributed by atoms with Gasteiger partial charge in [-0.25, -0.2) is 9.59 Å². The van der Waals surface area contributed by atoms with Crippen LogP contribution in [0.5, 0.6) is 0 Å². The fourth-order valence-electron chi connectivity index (χ4n) is 3.63. The largest absolute Gasteiger partial charge is 0.466 e. The van der Waals surface area contributed by atoms with E-state index in [4.69, 9.17) is 15.2 Å². The highest BCUT2D eigenvalue weighted by Gasteiger charge is 2.43. The number of hydrogen-bond acceptors (Lipinski definition) is 7. The van der Waals surface area contributed by atoms with Crippen molar-refractivity contribution < 1.29 is 19.1 Å². The maximum absolute atomic E-state index is 13.0. The van der Waals surface area contributed by atoms with Crippen molar-refractivity contribution in [1.29, 1.82) is 5.26 Å². The molecule has 0 bridgehead atoms. The Hall–Kier alpha value is -3.32. The first-order valence-corrected chi connectivity index (χ1v) is 10.3. The quantitative estimate of drug-likeness (QED) is 0.478. The van der Waals surface area contributed by atoms with E-state index in [0.29, 0.717) is 11.3 Å². The Bertz CT molecular complexity index is 1150. The minimum atomic E-state index is -0.881. The molecular formula is C23H20IN3O4. The average Bonchev–Trinajstić information content (AvgIpc) is 2.78. The maximum Gasteiger partial charge on any atom is 0.355 e. The Labute approximate surface area is 193 Å². The summed E-state index contributed by atoms with van der Waals surface area (Å²) >= 11 is 2.18. The van der Waals surface area contributed by atoms with Gasteiger partial charge in [0.15, 0.2) is 0 Å². The Kier molecular flexibility index (Phi) is 6.65. The van der Waals surface area contributed by atoms with E-state index in [-0.39, 0.29) is 22.7 Å². The van der Waals surface area contributed by atoms with Crippen molar-refractivity contribution >= 4 is 40.2 Å². The second-order valence-electron chi connectivity index (χ2n) is 6.77. The highest BCUT2D eigenvalue weighted by atomic mass is 127. The minimum Gasteiger partial charge on any atom is -0.466 e. The number of aryl methyl sites for hydroxylation is 1. The van der Waals surface area contributed by atoms with Crippen LogP contribution in [0, 0.1) is 21.8 Å². The van der Waals surface area contributed by atoms with E-state index in [1.807, 2.05) is 25.1 Å². The highest BCUT2D eigenvalue weighted by Crippen LogP contribution is 2.43. The molecule has 1 heterocycles. The van der Waals surface area contributed by atoms with Crippen molar-refractivity contribution in [2.75, 3.05) is 19.1 Å². The summed E-state index contributed by atoms with van der Waals surface area (Å²) in [7, 11) is 2.45. The summed E-state index contributed by atoms with van der Waals surface area (Å²) in [5.41, 5.74) is 8.50. The molecule has 3 rings (SSSR count). The molecule has 2 aromatic carbocycles. The van der Waals surface area contributed by atoms with Crippen LogP contribution in [0.4, 0.5) is 5.69 Å². The van der Waals surface area contributed by atoms with E-state index >= 15 is 0 Å². The van der Waals surface area contributed by atoms with Gasteiger partial charge < -0.3 is 15.2 Å². The number of halogens is 1. The molecule has 0 radical (unpaired) electrons. The van der Waals surface area contributed by atoms with Crippen molar-refractivity contribution in [2.45, 2.75) is 12.8 Å². The van der Waals surface area contributed by atoms with Crippen LogP contribution in [0.15, 0.2) is 71.2 Å². The average molecular weight is 529 g/mol. The highest BCUT2D eigenvalue weighted by molar-refractivity contribution is 14.1. The van der Waals surface area contributed by atoms with Crippen molar-refractivity contribution in [3.8, 4) is 6.07 Å². The summed E-state index contributed by atoms with van der Waals surface area (Å²) in [6.07, 6.45) is 0. The molecule has 7 nitrogen and oxygen atoms in total. The molecule has 1 atom stereocenters. The number of benzene rings is 2. The van der Waals surface area contributed by atoms with E-state index < -0.39 is 17.9 Å². The Morgan fingerprint density at radius 2 is 1.74 bits per heavy atom. The summed E-state index contributed by atoms with van der Waals surface area (Å²) < 4.78 is 11.0. The topological polar surface area (TPSA) is 106 Å². The first-order valence-electron chi connectivity index (χ1n) is 9.27. The molecule has 0 aliphatic carbocycles. The number of ether oxygens (including phenoxy) is 2. The molecule has 2 N–H and O–H groups in total. The predicted octanol–water partition coefficient (Wildman–Crippen LogP) is 3.50. The van der Waals surface area contributed by atoms with Crippen molar-refractivity contribution in [1.82, 2.24) is 0 Å². The van der Waals surface area contributed by atoms with E-state index in [1.165, 1.54) is 19.1 Å². The zero-order valence-electron chi connectivity index (χ0n) is 17.2. The molecule has 0 fully saturated rings. The van der Waals surface area contributed by atoms with Gasteiger partial charge in [0.25, 0.3) is 0 Å². The van der Waals surface area contributed by atoms with Crippen LogP contribution in [-0.2, 0) is 19.1 Å².